The molecule has 5 nitrogen and oxygen atoms in total. The molecule has 0 radical (unpaired) electrons. The molecule has 0 saturated heterocycles. The predicted molar refractivity (Wildman–Crippen MR) is 61.7 cm³/mol. The van der Waals surface area contributed by atoms with Gasteiger partial charge in [0.25, 0.3) is 5.91 Å². The van der Waals surface area contributed by atoms with Crippen LogP contribution in [0.2, 0.25) is 0 Å². The lowest BCUT2D eigenvalue weighted by atomic mass is 10.1. The molecule has 94 valence electrons. The monoisotopic (exact) mass is 230 g/mol. The topological polar surface area (TPSA) is 72.6 Å². The second-order valence-electron chi connectivity index (χ2n) is 3.96. The molecule has 0 aromatic rings. The molecule has 0 saturated carbocycles. The van der Waals surface area contributed by atoms with Gasteiger partial charge in [0.15, 0.2) is 6.04 Å². The molecule has 2 N–H and O–H groups in total. The first-order chi connectivity index (χ1) is 7.43. The number of nitrogens with zero attached hydrogens (tertiary/aromatic N) is 1. The number of hydrogen-bond donors (Lipinski definition) is 1. The smallest absolute Gasteiger partial charge is 0.332 e. The first kappa shape index (κ1) is 14.9. The molecule has 1 amide bonds. The van der Waals surface area contributed by atoms with Crippen LogP contribution in [-0.2, 0) is 14.3 Å². The third-order valence-electron chi connectivity index (χ3n) is 2.47. The highest BCUT2D eigenvalue weighted by atomic mass is 16.5. The summed E-state index contributed by atoms with van der Waals surface area (Å²) >= 11 is 0. The molecule has 16 heavy (non-hydrogen) atoms. The number of rotatable bonds is 6. The van der Waals surface area contributed by atoms with Crippen molar-refractivity contribution in [2.45, 2.75) is 33.2 Å². The first-order valence-electron chi connectivity index (χ1n) is 5.61. The zero-order valence-electron chi connectivity index (χ0n) is 10.5. The van der Waals surface area contributed by atoms with E-state index in [1.54, 1.807) is 14.0 Å². The number of nitrogens with two attached hydrogens (primary N) is 1. The van der Waals surface area contributed by atoms with Crippen molar-refractivity contribution < 1.29 is 14.3 Å². The third kappa shape index (κ3) is 4.61. The summed E-state index contributed by atoms with van der Waals surface area (Å²) in [5.74, 6) is -0.661. The highest BCUT2D eigenvalue weighted by Crippen LogP contribution is 2.04. The largest absolute Gasteiger partial charge is 0.464 e. The standard InChI is InChI=1S/C11H22N2O3/c1-5-8(3)7-13(4)10(14)9(12)11(15)16-6-2/h8-9H,5-7,12H2,1-4H3. The molecular weight excluding hydrogens is 208 g/mol. The Bertz CT molecular complexity index is 243. The van der Waals surface area contributed by atoms with Crippen LogP contribution in [0.15, 0.2) is 0 Å². The lowest BCUT2D eigenvalue weighted by Crippen LogP contribution is -2.48. The van der Waals surface area contributed by atoms with E-state index in [4.69, 9.17) is 10.5 Å². The second-order valence-corrected chi connectivity index (χ2v) is 3.96. The summed E-state index contributed by atoms with van der Waals surface area (Å²) in [7, 11) is 1.65. The summed E-state index contributed by atoms with van der Waals surface area (Å²) in [5, 5.41) is 0. The quantitative estimate of drug-likeness (QED) is 0.529. The number of likely N-dealkylation sites (N-methyl/N-ethyl adjacent to an activating group) is 1. The van der Waals surface area contributed by atoms with Crippen molar-refractivity contribution in [3.8, 4) is 0 Å². The zero-order chi connectivity index (χ0) is 12.7. The Labute approximate surface area is 96.9 Å². The predicted octanol–water partition coefficient (Wildman–Crippen LogP) is 0.381. The molecule has 0 heterocycles. The summed E-state index contributed by atoms with van der Waals surface area (Å²) in [6.07, 6.45) is 0.978. The van der Waals surface area contributed by atoms with Crippen LogP contribution in [0.1, 0.15) is 27.2 Å². The average molecular weight is 230 g/mol. The van der Waals surface area contributed by atoms with E-state index in [-0.39, 0.29) is 6.61 Å². The molecule has 0 spiro atoms. The molecule has 2 atom stereocenters. The second kappa shape index (κ2) is 7.22. The van der Waals surface area contributed by atoms with E-state index in [2.05, 4.69) is 0 Å². The van der Waals surface area contributed by atoms with Gasteiger partial charge in [0.1, 0.15) is 0 Å². The summed E-state index contributed by atoms with van der Waals surface area (Å²) in [6.45, 7) is 6.60. The van der Waals surface area contributed by atoms with E-state index < -0.39 is 17.9 Å². The van der Waals surface area contributed by atoms with Crippen LogP contribution in [0.5, 0.6) is 0 Å². The molecule has 0 rings (SSSR count). The molecule has 0 fully saturated rings. The van der Waals surface area contributed by atoms with Gasteiger partial charge in [0, 0.05) is 13.6 Å². The highest BCUT2D eigenvalue weighted by Gasteiger charge is 2.26. The van der Waals surface area contributed by atoms with Gasteiger partial charge in [-0.2, -0.15) is 0 Å². The fourth-order valence-electron chi connectivity index (χ4n) is 1.26. The SMILES string of the molecule is CCOC(=O)C(N)C(=O)N(C)CC(C)CC. The van der Waals surface area contributed by atoms with Gasteiger partial charge in [0.2, 0.25) is 0 Å². The van der Waals surface area contributed by atoms with Crippen LogP contribution in [0.25, 0.3) is 0 Å². The lowest BCUT2D eigenvalue weighted by Gasteiger charge is -2.23. The number of carbonyl (C=O) groups excluding carboxylic acids is 2. The van der Waals surface area contributed by atoms with Crippen LogP contribution in [-0.4, -0.2) is 43.0 Å². The fraction of sp³-hybridized carbons (Fsp3) is 0.818. The Hall–Kier alpha value is -1.10. The summed E-state index contributed by atoms with van der Waals surface area (Å²) in [6, 6.07) is -1.20. The normalized spacial score (nSPS) is 14.1. The van der Waals surface area contributed by atoms with Crippen molar-refractivity contribution in [1.29, 1.82) is 0 Å². The Morgan fingerprint density at radius 2 is 1.94 bits per heavy atom. The molecule has 0 bridgehead atoms. The minimum absolute atomic E-state index is 0.231. The summed E-state index contributed by atoms with van der Waals surface area (Å²) in [5.41, 5.74) is 5.50. The lowest BCUT2D eigenvalue weighted by molar-refractivity contribution is -0.150. The van der Waals surface area contributed by atoms with Gasteiger partial charge in [-0.25, -0.2) is 4.79 Å². The van der Waals surface area contributed by atoms with Gasteiger partial charge in [-0.3, -0.25) is 4.79 Å². The van der Waals surface area contributed by atoms with Gasteiger partial charge in [-0.05, 0) is 12.8 Å². The van der Waals surface area contributed by atoms with Crippen molar-refractivity contribution in [2.75, 3.05) is 20.2 Å². The third-order valence-corrected chi connectivity index (χ3v) is 2.47. The van der Waals surface area contributed by atoms with Crippen LogP contribution in [0.3, 0.4) is 0 Å². The maximum absolute atomic E-state index is 11.7. The van der Waals surface area contributed by atoms with Gasteiger partial charge in [-0.1, -0.05) is 20.3 Å². The zero-order valence-corrected chi connectivity index (χ0v) is 10.5. The number of hydrogen-bond acceptors (Lipinski definition) is 4. The number of carbonyl (C=O) groups is 2. The maximum Gasteiger partial charge on any atom is 0.332 e. The van der Waals surface area contributed by atoms with Crippen molar-refractivity contribution in [3.63, 3.8) is 0 Å². The highest BCUT2D eigenvalue weighted by molar-refractivity contribution is 6.01. The molecule has 0 aromatic carbocycles. The van der Waals surface area contributed by atoms with E-state index in [0.717, 1.165) is 6.42 Å². The number of esters is 1. The Balaban J connectivity index is 4.26. The van der Waals surface area contributed by atoms with E-state index in [0.29, 0.717) is 12.5 Å². The number of amides is 1. The average Bonchev–Trinajstić information content (AvgIpc) is 2.26. The van der Waals surface area contributed by atoms with E-state index in [9.17, 15) is 9.59 Å². The van der Waals surface area contributed by atoms with Gasteiger partial charge < -0.3 is 15.4 Å². The van der Waals surface area contributed by atoms with Crippen molar-refractivity contribution in [1.82, 2.24) is 4.90 Å². The Kier molecular flexibility index (Phi) is 6.72. The number of ether oxygens (including phenoxy) is 1. The first-order valence-corrected chi connectivity index (χ1v) is 5.61. The van der Waals surface area contributed by atoms with Gasteiger partial charge in [0.05, 0.1) is 6.61 Å². The molecule has 5 heteroatoms. The molecule has 2 unspecified atom stereocenters. The Morgan fingerprint density at radius 3 is 2.38 bits per heavy atom. The van der Waals surface area contributed by atoms with Gasteiger partial charge in [-0.15, -0.1) is 0 Å². The van der Waals surface area contributed by atoms with Crippen LogP contribution < -0.4 is 5.73 Å². The van der Waals surface area contributed by atoms with Crippen LogP contribution >= 0.6 is 0 Å². The van der Waals surface area contributed by atoms with Crippen LogP contribution in [0, 0.1) is 5.92 Å². The van der Waals surface area contributed by atoms with Crippen LogP contribution in [0.4, 0.5) is 0 Å². The maximum atomic E-state index is 11.7. The summed E-state index contributed by atoms with van der Waals surface area (Å²) in [4.78, 5) is 24.4. The minimum Gasteiger partial charge on any atom is -0.464 e. The molecule has 0 aliphatic rings. The molecule has 0 aliphatic heterocycles. The Morgan fingerprint density at radius 1 is 1.38 bits per heavy atom. The molecule has 0 aliphatic carbocycles. The summed E-state index contributed by atoms with van der Waals surface area (Å²) < 4.78 is 4.69. The van der Waals surface area contributed by atoms with E-state index in [1.807, 2.05) is 13.8 Å². The minimum atomic E-state index is -1.20. The van der Waals surface area contributed by atoms with Crippen molar-refractivity contribution in [3.05, 3.63) is 0 Å². The fourth-order valence-corrected chi connectivity index (χ4v) is 1.26. The van der Waals surface area contributed by atoms with Gasteiger partial charge >= 0.3 is 5.97 Å². The van der Waals surface area contributed by atoms with Crippen molar-refractivity contribution >= 4 is 11.9 Å². The van der Waals surface area contributed by atoms with E-state index >= 15 is 0 Å². The van der Waals surface area contributed by atoms with E-state index in [1.165, 1.54) is 4.90 Å². The molecule has 0 aromatic heterocycles. The molecular formula is C11H22N2O3. The van der Waals surface area contributed by atoms with Crippen molar-refractivity contribution in [2.24, 2.45) is 11.7 Å².